The van der Waals surface area contributed by atoms with Crippen molar-refractivity contribution in [1.82, 2.24) is 5.32 Å². The number of morpholine rings is 1. The maximum absolute atomic E-state index is 12.2. The van der Waals surface area contributed by atoms with Gasteiger partial charge in [0.15, 0.2) is 5.78 Å². The number of rotatable bonds is 2. The van der Waals surface area contributed by atoms with E-state index in [1.165, 1.54) is 6.26 Å². The molecule has 1 aliphatic heterocycles. The van der Waals surface area contributed by atoms with Gasteiger partial charge in [-0.1, -0.05) is 18.2 Å². The molecule has 1 unspecified atom stereocenters. The van der Waals surface area contributed by atoms with Crippen LogP contribution in [0, 0.1) is 0 Å². The van der Waals surface area contributed by atoms with Crippen molar-refractivity contribution in [1.29, 1.82) is 0 Å². The molecule has 0 bridgehead atoms. The quantitative estimate of drug-likeness (QED) is 0.798. The summed E-state index contributed by atoms with van der Waals surface area (Å²) in [5.41, 5.74) is 1.34. The Bertz CT molecular complexity index is 540. The van der Waals surface area contributed by atoms with Crippen molar-refractivity contribution in [3.63, 3.8) is 0 Å². The number of benzene rings is 1. The number of carbonyl (C=O) groups is 1. The fourth-order valence-electron chi connectivity index (χ4n) is 2.08. The van der Waals surface area contributed by atoms with Crippen LogP contribution in [-0.4, -0.2) is 31.6 Å². The highest BCUT2D eigenvalue weighted by atomic mass is 16.5. The zero-order chi connectivity index (χ0) is 11.7. The van der Waals surface area contributed by atoms with E-state index in [-0.39, 0.29) is 5.78 Å². The Morgan fingerprint density at radius 1 is 1.35 bits per heavy atom. The Hall–Kier alpha value is -1.65. The SMILES string of the molecule is O=C(c1coc2ccccc12)C1CNCCO1. The number of ketones is 1. The fraction of sp³-hybridized carbons (Fsp3) is 0.308. The third-order valence-corrected chi connectivity index (χ3v) is 2.97. The van der Waals surface area contributed by atoms with E-state index in [1.807, 2.05) is 24.3 Å². The minimum atomic E-state index is -0.398. The lowest BCUT2D eigenvalue weighted by atomic mass is 10.0. The second-order valence-corrected chi connectivity index (χ2v) is 4.07. The second-order valence-electron chi connectivity index (χ2n) is 4.07. The lowest BCUT2D eigenvalue weighted by Crippen LogP contribution is -2.43. The molecular formula is C13H13NO3. The van der Waals surface area contributed by atoms with Gasteiger partial charge in [0.2, 0.25) is 0 Å². The zero-order valence-electron chi connectivity index (χ0n) is 9.31. The molecule has 0 spiro atoms. The zero-order valence-corrected chi connectivity index (χ0v) is 9.31. The Morgan fingerprint density at radius 2 is 2.24 bits per heavy atom. The van der Waals surface area contributed by atoms with Gasteiger partial charge in [0, 0.05) is 18.5 Å². The number of furan rings is 1. The van der Waals surface area contributed by atoms with Crippen LogP contribution in [0.15, 0.2) is 34.9 Å². The molecule has 0 aliphatic carbocycles. The van der Waals surface area contributed by atoms with E-state index in [0.717, 1.165) is 17.5 Å². The summed E-state index contributed by atoms with van der Waals surface area (Å²) in [6.45, 7) is 1.94. The molecule has 1 N–H and O–H groups in total. The molecule has 4 nitrogen and oxygen atoms in total. The summed E-state index contributed by atoms with van der Waals surface area (Å²) in [5, 5.41) is 4.00. The molecule has 17 heavy (non-hydrogen) atoms. The minimum absolute atomic E-state index is 0.0119. The topological polar surface area (TPSA) is 51.5 Å². The van der Waals surface area contributed by atoms with E-state index in [0.29, 0.717) is 18.7 Å². The summed E-state index contributed by atoms with van der Waals surface area (Å²) in [6.07, 6.45) is 1.12. The molecule has 1 aliphatic rings. The molecule has 2 aromatic rings. The van der Waals surface area contributed by atoms with E-state index < -0.39 is 6.10 Å². The summed E-state index contributed by atoms with van der Waals surface area (Å²) in [6, 6.07) is 7.53. The number of hydrogen-bond acceptors (Lipinski definition) is 4. The maximum Gasteiger partial charge on any atom is 0.196 e. The number of Topliss-reactive ketones (excluding diaryl/α,β-unsaturated/α-hetero) is 1. The van der Waals surface area contributed by atoms with E-state index in [4.69, 9.17) is 9.15 Å². The van der Waals surface area contributed by atoms with Gasteiger partial charge < -0.3 is 14.5 Å². The van der Waals surface area contributed by atoms with Gasteiger partial charge in [0.1, 0.15) is 18.0 Å². The molecule has 2 heterocycles. The first-order chi connectivity index (χ1) is 8.36. The largest absolute Gasteiger partial charge is 0.464 e. The summed E-state index contributed by atoms with van der Waals surface area (Å²) in [5.74, 6) is -0.0119. The third-order valence-electron chi connectivity index (χ3n) is 2.97. The summed E-state index contributed by atoms with van der Waals surface area (Å²) < 4.78 is 10.8. The van der Waals surface area contributed by atoms with Crippen molar-refractivity contribution in [3.8, 4) is 0 Å². The predicted molar refractivity (Wildman–Crippen MR) is 63.2 cm³/mol. The van der Waals surface area contributed by atoms with Crippen LogP contribution in [0.25, 0.3) is 11.0 Å². The molecule has 1 aromatic carbocycles. The Labute approximate surface area is 98.6 Å². The lowest BCUT2D eigenvalue weighted by molar-refractivity contribution is 0.0270. The highest BCUT2D eigenvalue weighted by Gasteiger charge is 2.25. The van der Waals surface area contributed by atoms with Crippen molar-refractivity contribution < 1.29 is 13.9 Å². The molecule has 3 rings (SSSR count). The monoisotopic (exact) mass is 231 g/mol. The second kappa shape index (κ2) is 4.31. The van der Waals surface area contributed by atoms with Crippen LogP contribution in [-0.2, 0) is 4.74 Å². The third kappa shape index (κ3) is 1.85. The molecular weight excluding hydrogens is 218 g/mol. The first-order valence-electron chi connectivity index (χ1n) is 5.69. The summed E-state index contributed by atoms with van der Waals surface area (Å²) >= 11 is 0. The van der Waals surface area contributed by atoms with Crippen LogP contribution in [0.5, 0.6) is 0 Å². The standard InChI is InChI=1S/C13H13NO3/c15-13(12-7-14-5-6-16-12)10-8-17-11-4-2-1-3-9(10)11/h1-4,8,12,14H,5-7H2. The van der Waals surface area contributed by atoms with Gasteiger partial charge in [0.25, 0.3) is 0 Å². The highest BCUT2D eigenvalue weighted by Crippen LogP contribution is 2.22. The van der Waals surface area contributed by atoms with Crippen LogP contribution < -0.4 is 5.32 Å². The number of fused-ring (bicyclic) bond motifs is 1. The van der Waals surface area contributed by atoms with Gasteiger partial charge >= 0.3 is 0 Å². The van der Waals surface area contributed by atoms with Crippen LogP contribution in [0.1, 0.15) is 10.4 Å². The first-order valence-corrected chi connectivity index (χ1v) is 5.69. The number of ether oxygens (including phenoxy) is 1. The van der Waals surface area contributed by atoms with Crippen molar-refractivity contribution >= 4 is 16.8 Å². The van der Waals surface area contributed by atoms with E-state index in [1.54, 1.807) is 0 Å². The van der Waals surface area contributed by atoms with E-state index in [9.17, 15) is 4.79 Å². The van der Waals surface area contributed by atoms with Crippen LogP contribution in [0.4, 0.5) is 0 Å². The first kappa shape index (κ1) is 10.5. The molecule has 1 atom stereocenters. The average molecular weight is 231 g/mol. The molecule has 1 aromatic heterocycles. The lowest BCUT2D eigenvalue weighted by Gasteiger charge is -2.21. The molecule has 88 valence electrons. The summed E-state index contributed by atoms with van der Waals surface area (Å²) in [4.78, 5) is 12.2. The average Bonchev–Trinajstić information content (AvgIpc) is 2.83. The number of nitrogens with one attached hydrogen (secondary N) is 1. The van der Waals surface area contributed by atoms with Crippen LogP contribution >= 0.6 is 0 Å². The van der Waals surface area contributed by atoms with Gasteiger partial charge in [-0.2, -0.15) is 0 Å². The van der Waals surface area contributed by atoms with Crippen molar-refractivity contribution in [2.45, 2.75) is 6.10 Å². The van der Waals surface area contributed by atoms with Crippen molar-refractivity contribution in [3.05, 3.63) is 36.1 Å². The molecule has 0 amide bonds. The van der Waals surface area contributed by atoms with Crippen LogP contribution in [0.2, 0.25) is 0 Å². The minimum Gasteiger partial charge on any atom is -0.464 e. The molecule has 4 heteroatoms. The van der Waals surface area contributed by atoms with Crippen molar-refractivity contribution in [2.24, 2.45) is 0 Å². The van der Waals surface area contributed by atoms with Gasteiger partial charge in [0.05, 0.1) is 12.2 Å². The van der Waals surface area contributed by atoms with E-state index in [2.05, 4.69) is 5.32 Å². The number of carbonyl (C=O) groups excluding carboxylic acids is 1. The van der Waals surface area contributed by atoms with Crippen LogP contribution in [0.3, 0.4) is 0 Å². The highest BCUT2D eigenvalue weighted by molar-refractivity contribution is 6.09. The Balaban J connectivity index is 1.95. The van der Waals surface area contributed by atoms with Gasteiger partial charge in [-0.05, 0) is 6.07 Å². The Morgan fingerprint density at radius 3 is 3.06 bits per heavy atom. The normalized spacial score (nSPS) is 20.6. The van der Waals surface area contributed by atoms with E-state index >= 15 is 0 Å². The van der Waals surface area contributed by atoms with Gasteiger partial charge in [-0.15, -0.1) is 0 Å². The smallest absolute Gasteiger partial charge is 0.196 e. The van der Waals surface area contributed by atoms with Gasteiger partial charge in [-0.25, -0.2) is 0 Å². The molecule has 1 fully saturated rings. The predicted octanol–water partition coefficient (Wildman–Crippen LogP) is 1.60. The molecule has 1 saturated heterocycles. The Kier molecular flexibility index (Phi) is 2.66. The maximum atomic E-state index is 12.2. The summed E-state index contributed by atoms with van der Waals surface area (Å²) in [7, 11) is 0. The molecule has 0 saturated carbocycles. The van der Waals surface area contributed by atoms with Gasteiger partial charge in [-0.3, -0.25) is 4.79 Å². The van der Waals surface area contributed by atoms with Crippen molar-refractivity contribution in [2.75, 3.05) is 19.7 Å². The molecule has 0 radical (unpaired) electrons. The fourth-order valence-corrected chi connectivity index (χ4v) is 2.08. The number of para-hydroxylation sites is 1. The number of hydrogen-bond donors (Lipinski definition) is 1.